The lowest BCUT2D eigenvalue weighted by Crippen LogP contribution is -2.43. The van der Waals surface area contributed by atoms with Gasteiger partial charge in [-0.05, 0) is 49.7 Å². The number of rotatable bonds is 5. The lowest BCUT2D eigenvalue weighted by Gasteiger charge is -2.37. The highest BCUT2D eigenvalue weighted by molar-refractivity contribution is 7.16. The van der Waals surface area contributed by atoms with Gasteiger partial charge < -0.3 is 9.74 Å². The van der Waals surface area contributed by atoms with E-state index in [0.717, 1.165) is 27.4 Å². The molecule has 1 aliphatic rings. The standard InChI is InChI=1S/C24H33ClN4O2SSi/c1-14-15(2)32-23-21(14)22(16-8-10-17(25)11-9-16)27-19(18(28-23)12-20(30)29-26)13-31-33(6,7)24(3,4)5/h8-12,19,28H,13,26H2,1-7H3,(H,29,30). The molecule has 0 fully saturated rings. The van der Waals surface area contributed by atoms with Crippen molar-refractivity contribution in [3.05, 3.63) is 62.6 Å². The van der Waals surface area contributed by atoms with E-state index in [0.29, 0.717) is 17.3 Å². The van der Waals surface area contributed by atoms with Crippen molar-refractivity contribution >= 4 is 47.9 Å². The van der Waals surface area contributed by atoms with Crippen LogP contribution in [0.2, 0.25) is 23.2 Å². The third kappa shape index (κ3) is 5.58. The van der Waals surface area contributed by atoms with Crippen molar-refractivity contribution in [3.63, 3.8) is 0 Å². The van der Waals surface area contributed by atoms with E-state index < -0.39 is 20.3 Å². The topological polar surface area (TPSA) is 88.7 Å². The molecular weight excluding hydrogens is 472 g/mol. The van der Waals surface area contributed by atoms with Crippen molar-refractivity contribution < 1.29 is 9.22 Å². The molecular formula is C24H33ClN4O2SSi. The summed E-state index contributed by atoms with van der Waals surface area (Å²) in [7, 11) is -2.04. The second-order valence-corrected chi connectivity index (χ2v) is 16.3. The van der Waals surface area contributed by atoms with Gasteiger partial charge in [-0.2, -0.15) is 0 Å². The van der Waals surface area contributed by atoms with Gasteiger partial charge in [-0.25, -0.2) is 5.84 Å². The zero-order valence-corrected chi connectivity index (χ0v) is 22.9. The summed E-state index contributed by atoms with van der Waals surface area (Å²) in [6.07, 6.45) is 1.47. The first-order valence-electron chi connectivity index (χ1n) is 10.9. The van der Waals surface area contributed by atoms with Crippen LogP contribution in [0.15, 0.2) is 41.0 Å². The zero-order chi connectivity index (χ0) is 24.6. The van der Waals surface area contributed by atoms with E-state index in [2.05, 4.69) is 58.5 Å². The number of hydrazine groups is 1. The maximum absolute atomic E-state index is 12.2. The van der Waals surface area contributed by atoms with Crippen molar-refractivity contribution in [1.82, 2.24) is 5.43 Å². The molecule has 6 nitrogen and oxygen atoms in total. The molecule has 1 aliphatic heterocycles. The van der Waals surface area contributed by atoms with E-state index in [-0.39, 0.29) is 5.04 Å². The second-order valence-electron chi connectivity index (χ2n) is 9.79. The molecule has 1 atom stereocenters. The van der Waals surface area contributed by atoms with Crippen molar-refractivity contribution in [1.29, 1.82) is 0 Å². The predicted molar refractivity (Wildman–Crippen MR) is 142 cm³/mol. The monoisotopic (exact) mass is 504 g/mol. The van der Waals surface area contributed by atoms with Gasteiger partial charge in [0.1, 0.15) is 11.0 Å². The molecule has 9 heteroatoms. The maximum atomic E-state index is 12.2. The molecule has 178 valence electrons. The Labute approximate surface area is 206 Å². The molecule has 0 saturated heterocycles. The Morgan fingerprint density at radius 3 is 2.52 bits per heavy atom. The van der Waals surface area contributed by atoms with E-state index in [4.69, 9.17) is 26.9 Å². The maximum Gasteiger partial charge on any atom is 0.259 e. The Bertz CT molecular complexity index is 1100. The molecule has 2 heterocycles. The number of nitrogens with two attached hydrogens (primary N) is 1. The second kappa shape index (κ2) is 9.72. The number of hydrogen-bond donors (Lipinski definition) is 3. The minimum Gasteiger partial charge on any atom is -0.414 e. The number of hydrogen-bond acceptors (Lipinski definition) is 6. The fraction of sp³-hybridized carbons (Fsp3) is 0.417. The minimum absolute atomic E-state index is 0.0543. The van der Waals surface area contributed by atoms with E-state index in [9.17, 15) is 4.79 Å². The van der Waals surface area contributed by atoms with E-state index in [1.54, 1.807) is 11.3 Å². The molecule has 0 spiro atoms. The van der Waals surface area contributed by atoms with Gasteiger partial charge in [-0.15, -0.1) is 11.3 Å². The molecule has 1 amide bonds. The molecule has 33 heavy (non-hydrogen) atoms. The smallest absolute Gasteiger partial charge is 0.259 e. The van der Waals surface area contributed by atoms with E-state index >= 15 is 0 Å². The first kappa shape index (κ1) is 25.6. The molecule has 3 rings (SSSR count). The molecule has 2 aromatic rings. The van der Waals surface area contributed by atoms with Crippen LogP contribution in [0.5, 0.6) is 0 Å². The fourth-order valence-corrected chi connectivity index (χ4v) is 5.49. The Hall–Kier alpha value is -1.97. The quantitative estimate of drug-likeness (QED) is 0.164. The van der Waals surface area contributed by atoms with Gasteiger partial charge in [-0.3, -0.25) is 15.2 Å². The van der Waals surface area contributed by atoms with Crippen molar-refractivity contribution in [3.8, 4) is 0 Å². The summed E-state index contributed by atoms with van der Waals surface area (Å²) in [5.41, 5.74) is 6.86. The highest BCUT2D eigenvalue weighted by atomic mass is 35.5. The van der Waals surface area contributed by atoms with Gasteiger partial charge in [-0.1, -0.05) is 44.5 Å². The van der Waals surface area contributed by atoms with Crippen LogP contribution in [0.3, 0.4) is 0 Å². The van der Waals surface area contributed by atoms with Gasteiger partial charge in [0.2, 0.25) is 0 Å². The summed E-state index contributed by atoms with van der Waals surface area (Å²) in [5, 5.41) is 5.15. The van der Waals surface area contributed by atoms with Crippen molar-refractivity contribution in [2.75, 3.05) is 11.9 Å². The number of fused-ring (bicyclic) bond motifs is 1. The Kier molecular flexibility index (Phi) is 7.55. The highest BCUT2D eigenvalue weighted by Crippen LogP contribution is 2.40. The largest absolute Gasteiger partial charge is 0.414 e. The Balaban J connectivity index is 2.16. The normalized spacial score (nSPS) is 17.8. The summed E-state index contributed by atoms with van der Waals surface area (Å²) >= 11 is 7.80. The van der Waals surface area contributed by atoms with Crippen molar-refractivity contribution in [2.24, 2.45) is 10.8 Å². The third-order valence-electron chi connectivity index (χ3n) is 6.48. The number of nitrogens with one attached hydrogen (secondary N) is 2. The molecule has 4 N–H and O–H groups in total. The number of benzene rings is 1. The van der Waals surface area contributed by atoms with E-state index in [1.807, 2.05) is 24.3 Å². The molecule has 0 bridgehead atoms. The summed E-state index contributed by atoms with van der Waals surface area (Å²) in [6.45, 7) is 15.6. The highest BCUT2D eigenvalue weighted by Gasteiger charge is 2.38. The van der Waals surface area contributed by atoms with Crippen LogP contribution in [0.1, 0.15) is 42.3 Å². The predicted octanol–water partition coefficient (Wildman–Crippen LogP) is 5.55. The molecule has 0 aliphatic carbocycles. The summed E-state index contributed by atoms with van der Waals surface area (Å²) < 4.78 is 6.54. The summed E-state index contributed by atoms with van der Waals surface area (Å²) in [5.74, 6) is 4.99. The van der Waals surface area contributed by atoms with Crippen LogP contribution in [0, 0.1) is 13.8 Å². The van der Waals surface area contributed by atoms with Crippen LogP contribution >= 0.6 is 22.9 Å². The molecule has 0 radical (unpaired) electrons. The average Bonchev–Trinajstić information content (AvgIpc) is 2.91. The number of thiophene rings is 1. The lowest BCUT2D eigenvalue weighted by atomic mass is 10.00. The van der Waals surface area contributed by atoms with Gasteiger partial charge in [0.25, 0.3) is 5.91 Å². The number of nitrogens with zero attached hydrogens (tertiary/aromatic N) is 1. The number of halogens is 1. The molecule has 1 aromatic heterocycles. The Morgan fingerprint density at radius 2 is 1.94 bits per heavy atom. The minimum atomic E-state index is -2.04. The molecule has 1 aromatic carbocycles. The van der Waals surface area contributed by atoms with Crippen LogP contribution in [-0.2, 0) is 9.22 Å². The number of carbonyl (C=O) groups is 1. The Morgan fingerprint density at radius 1 is 1.30 bits per heavy atom. The van der Waals surface area contributed by atoms with Crippen LogP contribution in [0.25, 0.3) is 0 Å². The summed E-state index contributed by atoms with van der Waals surface area (Å²) in [4.78, 5) is 18.6. The number of aryl methyl sites for hydroxylation is 1. The fourth-order valence-electron chi connectivity index (χ4n) is 3.28. The van der Waals surface area contributed by atoms with Gasteiger partial charge in [0, 0.05) is 32.8 Å². The van der Waals surface area contributed by atoms with Gasteiger partial charge in [0.15, 0.2) is 8.32 Å². The average molecular weight is 505 g/mol. The van der Waals surface area contributed by atoms with Gasteiger partial charge in [0.05, 0.1) is 12.3 Å². The number of anilines is 1. The van der Waals surface area contributed by atoms with Crippen LogP contribution in [0.4, 0.5) is 5.00 Å². The number of amides is 1. The van der Waals surface area contributed by atoms with Crippen molar-refractivity contribution in [2.45, 2.75) is 58.8 Å². The van der Waals surface area contributed by atoms with E-state index in [1.165, 1.54) is 11.0 Å². The third-order valence-corrected chi connectivity index (χ3v) is 12.4. The number of aliphatic imine (C=N–C) groups is 1. The zero-order valence-electron chi connectivity index (χ0n) is 20.3. The lowest BCUT2D eigenvalue weighted by molar-refractivity contribution is -0.116. The van der Waals surface area contributed by atoms with Crippen LogP contribution < -0.4 is 16.6 Å². The summed E-state index contributed by atoms with van der Waals surface area (Å²) in [6, 6.07) is 7.29. The van der Waals surface area contributed by atoms with Gasteiger partial charge >= 0.3 is 0 Å². The first-order valence-corrected chi connectivity index (χ1v) is 15.0. The van der Waals surface area contributed by atoms with Crippen LogP contribution in [-0.4, -0.2) is 32.6 Å². The molecule has 1 unspecified atom stereocenters. The first-order chi connectivity index (χ1) is 15.3. The molecule has 0 saturated carbocycles. The SMILES string of the molecule is Cc1sc2c(c1C)C(c1ccc(Cl)cc1)=NC(CO[Si](C)(C)C(C)(C)C)C(=CC(=O)NN)N2. The number of carbonyl (C=O) groups excluding carboxylic acids is 1.